The number of amides is 2. The summed E-state index contributed by atoms with van der Waals surface area (Å²) in [7, 11) is 1.89. The summed E-state index contributed by atoms with van der Waals surface area (Å²) in [6, 6.07) is 13.0. The highest BCUT2D eigenvalue weighted by atomic mass is 35.5. The number of halogens is 1. The summed E-state index contributed by atoms with van der Waals surface area (Å²) in [4.78, 5) is 33.5. The van der Waals surface area contributed by atoms with Crippen molar-refractivity contribution >= 4 is 46.6 Å². The van der Waals surface area contributed by atoms with E-state index in [0.29, 0.717) is 24.3 Å². The van der Waals surface area contributed by atoms with Crippen LogP contribution in [0.3, 0.4) is 0 Å². The maximum atomic E-state index is 12.9. The van der Waals surface area contributed by atoms with Crippen LogP contribution >= 0.6 is 23.4 Å². The summed E-state index contributed by atoms with van der Waals surface area (Å²) in [6.07, 6.45) is 3.54. The minimum atomic E-state index is -0.116. The van der Waals surface area contributed by atoms with E-state index in [1.165, 1.54) is 17.3 Å². The van der Waals surface area contributed by atoms with E-state index in [0.717, 1.165) is 29.0 Å². The van der Waals surface area contributed by atoms with Crippen molar-refractivity contribution in [2.45, 2.75) is 12.1 Å². The van der Waals surface area contributed by atoms with Gasteiger partial charge in [-0.3, -0.25) is 9.59 Å². The van der Waals surface area contributed by atoms with Gasteiger partial charge in [0.25, 0.3) is 5.91 Å². The fourth-order valence-electron chi connectivity index (χ4n) is 3.77. The lowest BCUT2D eigenvalue weighted by Crippen LogP contribution is -2.49. The Balaban J connectivity index is 1.29. The zero-order chi connectivity index (χ0) is 23.4. The Bertz CT molecular complexity index is 1140. The zero-order valence-corrected chi connectivity index (χ0v) is 20.2. The third-order valence-corrected chi connectivity index (χ3v) is 6.90. The molecule has 0 spiro atoms. The zero-order valence-electron chi connectivity index (χ0n) is 18.6. The fourth-order valence-corrected chi connectivity index (χ4v) is 4.67. The third-order valence-electron chi connectivity index (χ3n) is 5.60. The van der Waals surface area contributed by atoms with Gasteiger partial charge in [0.2, 0.25) is 5.91 Å². The van der Waals surface area contributed by atoms with E-state index in [9.17, 15) is 9.59 Å². The summed E-state index contributed by atoms with van der Waals surface area (Å²) in [6.45, 7) is 4.88. The molecule has 33 heavy (non-hydrogen) atoms. The lowest BCUT2D eigenvalue weighted by molar-refractivity contribution is -0.113. The summed E-state index contributed by atoms with van der Waals surface area (Å²) in [5.74, 6) is 0.150. The first-order valence-corrected chi connectivity index (χ1v) is 12.1. The van der Waals surface area contributed by atoms with E-state index >= 15 is 0 Å². The van der Waals surface area contributed by atoms with E-state index in [-0.39, 0.29) is 17.6 Å². The number of aryl methyl sites for hydroxylation is 2. The first-order valence-electron chi connectivity index (χ1n) is 10.7. The van der Waals surface area contributed by atoms with Crippen LogP contribution in [-0.4, -0.2) is 58.2 Å². The molecule has 0 bridgehead atoms. The lowest BCUT2D eigenvalue weighted by atomic mass is 10.1. The number of piperazine rings is 1. The van der Waals surface area contributed by atoms with Crippen LogP contribution in [0.1, 0.15) is 15.9 Å². The van der Waals surface area contributed by atoms with Crippen LogP contribution in [0, 0.1) is 6.92 Å². The van der Waals surface area contributed by atoms with Crippen molar-refractivity contribution in [1.29, 1.82) is 0 Å². The number of carbonyl (C=O) groups is 2. The second-order valence-corrected chi connectivity index (χ2v) is 9.32. The van der Waals surface area contributed by atoms with Gasteiger partial charge in [-0.15, -0.1) is 0 Å². The Morgan fingerprint density at radius 2 is 1.82 bits per heavy atom. The Labute approximate surface area is 202 Å². The molecule has 1 N–H and O–H groups in total. The van der Waals surface area contributed by atoms with Crippen LogP contribution in [0.25, 0.3) is 0 Å². The van der Waals surface area contributed by atoms with E-state index in [1.54, 1.807) is 30.5 Å². The Morgan fingerprint density at radius 3 is 2.48 bits per heavy atom. The molecule has 1 aromatic heterocycles. The first kappa shape index (κ1) is 23.2. The molecule has 1 saturated heterocycles. The van der Waals surface area contributed by atoms with E-state index in [4.69, 9.17) is 11.6 Å². The lowest BCUT2D eigenvalue weighted by Gasteiger charge is -2.37. The number of imidazole rings is 1. The number of nitrogens with one attached hydrogen (secondary N) is 1. The smallest absolute Gasteiger partial charge is 0.253 e. The molecule has 2 aromatic carbocycles. The van der Waals surface area contributed by atoms with Crippen LogP contribution < -0.4 is 10.2 Å². The molecule has 2 amide bonds. The largest absolute Gasteiger partial charge is 0.368 e. The number of thioether (sulfide) groups is 1. The molecular formula is C24H26ClN5O2S. The van der Waals surface area contributed by atoms with Gasteiger partial charge in [0.1, 0.15) is 0 Å². The molecule has 9 heteroatoms. The number of hydrogen-bond acceptors (Lipinski definition) is 5. The van der Waals surface area contributed by atoms with Crippen molar-refractivity contribution in [1.82, 2.24) is 14.5 Å². The number of nitrogens with zero attached hydrogens (tertiary/aromatic N) is 4. The molecule has 1 aliphatic heterocycles. The predicted molar refractivity (Wildman–Crippen MR) is 133 cm³/mol. The average Bonchev–Trinajstić information content (AvgIpc) is 3.24. The van der Waals surface area contributed by atoms with Gasteiger partial charge in [-0.25, -0.2) is 4.98 Å². The molecule has 0 saturated carbocycles. The van der Waals surface area contributed by atoms with Crippen LogP contribution in [0.15, 0.2) is 60.0 Å². The third kappa shape index (κ3) is 5.69. The number of benzene rings is 2. The predicted octanol–water partition coefficient (Wildman–Crippen LogP) is 4.08. The van der Waals surface area contributed by atoms with Crippen LogP contribution in [0.5, 0.6) is 0 Å². The molecule has 0 unspecified atom stereocenters. The summed E-state index contributed by atoms with van der Waals surface area (Å²) in [5, 5.41) is 4.37. The normalized spacial score (nSPS) is 13.8. The van der Waals surface area contributed by atoms with Crippen molar-refractivity contribution in [2.24, 2.45) is 7.05 Å². The molecular weight excluding hydrogens is 458 g/mol. The van der Waals surface area contributed by atoms with Crippen molar-refractivity contribution in [2.75, 3.05) is 42.1 Å². The van der Waals surface area contributed by atoms with E-state index in [2.05, 4.69) is 22.1 Å². The number of hydrogen-bond donors (Lipinski definition) is 1. The van der Waals surface area contributed by atoms with Crippen molar-refractivity contribution < 1.29 is 9.59 Å². The first-order chi connectivity index (χ1) is 15.9. The quantitative estimate of drug-likeness (QED) is 0.535. The molecule has 0 atom stereocenters. The molecule has 7 nitrogen and oxygen atoms in total. The van der Waals surface area contributed by atoms with Crippen LogP contribution in [-0.2, 0) is 11.8 Å². The molecule has 4 rings (SSSR count). The number of aromatic nitrogens is 2. The summed E-state index contributed by atoms with van der Waals surface area (Å²) in [5.41, 5.74) is 3.58. The molecule has 3 aromatic rings. The molecule has 0 aliphatic carbocycles. The van der Waals surface area contributed by atoms with Crippen molar-refractivity contribution in [3.05, 3.63) is 71.0 Å². The van der Waals surface area contributed by atoms with Crippen LogP contribution in [0.2, 0.25) is 5.02 Å². The van der Waals surface area contributed by atoms with Gasteiger partial charge in [-0.1, -0.05) is 29.4 Å². The highest BCUT2D eigenvalue weighted by Crippen LogP contribution is 2.25. The highest BCUT2D eigenvalue weighted by molar-refractivity contribution is 7.99. The second kappa shape index (κ2) is 10.3. The van der Waals surface area contributed by atoms with Gasteiger partial charge < -0.3 is 19.7 Å². The maximum Gasteiger partial charge on any atom is 0.253 e. The Kier molecular flexibility index (Phi) is 7.25. The number of carbonyl (C=O) groups excluding carboxylic acids is 2. The second-order valence-electron chi connectivity index (χ2n) is 7.94. The molecule has 1 fully saturated rings. The summed E-state index contributed by atoms with van der Waals surface area (Å²) >= 11 is 7.54. The van der Waals surface area contributed by atoms with Gasteiger partial charge in [0.15, 0.2) is 5.16 Å². The topological polar surface area (TPSA) is 70.5 Å². The van der Waals surface area contributed by atoms with Gasteiger partial charge >= 0.3 is 0 Å². The van der Waals surface area contributed by atoms with Gasteiger partial charge in [-0.05, 0) is 48.9 Å². The minimum Gasteiger partial charge on any atom is -0.368 e. The summed E-state index contributed by atoms with van der Waals surface area (Å²) < 4.78 is 1.87. The monoisotopic (exact) mass is 483 g/mol. The molecule has 0 radical (unpaired) electrons. The van der Waals surface area contributed by atoms with E-state index in [1.807, 2.05) is 40.9 Å². The molecule has 1 aliphatic rings. The van der Waals surface area contributed by atoms with Crippen molar-refractivity contribution in [3.8, 4) is 0 Å². The highest BCUT2D eigenvalue weighted by Gasteiger charge is 2.23. The maximum absolute atomic E-state index is 12.9. The molecule has 2 heterocycles. The van der Waals surface area contributed by atoms with Gasteiger partial charge in [0.05, 0.1) is 5.75 Å². The Hall–Kier alpha value is -2.97. The number of anilines is 2. The average molecular weight is 484 g/mol. The SMILES string of the molecule is Cc1ccc(Cl)cc1N1CCN(C(=O)c2ccc(NC(=O)CSc3nccn3C)cc2)CC1. The van der Waals surface area contributed by atoms with Gasteiger partial charge in [0, 0.05) is 67.6 Å². The number of rotatable bonds is 6. The minimum absolute atomic E-state index is 0.000630. The van der Waals surface area contributed by atoms with E-state index < -0.39 is 0 Å². The molecule has 172 valence electrons. The van der Waals surface area contributed by atoms with Gasteiger partial charge in [-0.2, -0.15) is 0 Å². The standard InChI is InChI=1S/C24H26ClN5O2S/c1-17-3-6-19(25)15-21(17)29-11-13-30(14-12-29)23(32)18-4-7-20(8-5-18)27-22(31)16-33-24-26-9-10-28(24)2/h3-10,15H,11-14,16H2,1-2H3,(H,27,31). The van der Waals surface area contributed by atoms with Crippen LogP contribution in [0.4, 0.5) is 11.4 Å². The fraction of sp³-hybridized carbons (Fsp3) is 0.292. The Morgan fingerprint density at radius 1 is 1.09 bits per heavy atom. The van der Waals surface area contributed by atoms with Crippen molar-refractivity contribution in [3.63, 3.8) is 0 Å².